The zero-order chi connectivity index (χ0) is 14.7. The molecular formula is C13H15ClN4O2. The van der Waals surface area contributed by atoms with Crippen molar-refractivity contribution < 1.29 is 4.92 Å². The number of nitrogens with zero attached hydrogens (tertiary/aromatic N) is 4. The van der Waals surface area contributed by atoms with Crippen molar-refractivity contribution in [2.75, 3.05) is 11.9 Å². The third kappa shape index (κ3) is 2.91. The lowest BCUT2D eigenvalue weighted by molar-refractivity contribution is -0.384. The first kappa shape index (κ1) is 14.3. The Bertz CT molecular complexity index is 627. The summed E-state index contributed by atoms with van der Waals surface area (Å²) in [4.78, 5) is 16.8. The van der Waals surface area contributed by atoms with Gasteiger partial charge in [-0.05, 0) is 11.6 Å². The fraction of sp³-hybridized carbons (Fsp3) is 0.308. The Morgan fingerprint density at radius 2 is 2.25 bits per heavy atom. The molecule has 1 aromatic carbocycles. The zero-order valence-corrected chi connectivity index (χ0v) is 12.0. The number of nitro benzene ring substituents is 1. The predicted molar refractivity (Wildman–Crippen MR) is 78.0 cm³/mol. The van der Waals surface area contributed by atoms with Gasteiger partial charge in [-0.25, -0.2) is 4.98 Å². The second-order valence-corrected chi connectivity index (χ2v) is 4.79. The maximum absolute atomic E-state index is 11.2. The van der Waals surface area contributed by atoms with E-state index in [-0.39, 0.29) is 16.5 Å². The lowest BCUT2D eigenvalue weighted by atomic mass is 10.2. The fourth-order valence-corrected chi connectivity index (χ4v) is 2.13. The Hall–Kier alpha value is -2.08. The van der Waals surface area contributed by atoms with Crippen molar-refractivity contribution in [2.24, 2.45) is 7.05 Å². The molecule has 2 aromatic rings. The summed E-state index contributed by atoms with van der Waals surface area (Å²) in [5.41, 5.74) is 1.33. The summed E-state index contributed by atoms with van der Waals surface area (Å²) in [6.07, 6.45) is 3.54. The lowest BCUT2D eigenvalue weighted by Gasteiger charge is -2.19. The number of hydrogen-bond acceptors (Lipinski definition) is 4. The smallest absolute Gasteiger partial charge is 0.292 e. The highest BCUT2D eigenvalue weighted by Gasteiger charge is 2.18. The normalized spacial score (nSPS) is 10.6. The van der Waals surface area contributed by atoms with Crippen molar-refractivity contribution in [3.63, 3.8) is 0 Å². The van der Waals surface area contributed by atoms with Gasteiger partial charge in [0.1, 0.15) is 11.5 Å². The minimum absolute atomic E-state index is 0.0554. The molecule has 0 aliphatic rings. The summed E-state index contributed by atoms with van der Waals surface area (Å²) in [5.74, 6) is 1.09. The molecule has 0 amide bonds. The Labute approximate surface area is 121 Å². The van der Waals surface area contributed by atoms with Crippen LogP contribution in [0.1, 0.15) is 11.4 Å². The molecule has 0 N–H and O–H groups in total. The maximum atomic E-state index is 11.2. The number of alkyl halides is 1. The average molecular weight is 295 g/mol. The van der Waals surface area contributed by atoms with Crippen molar-refractivity contribution in [3.05, 3.63) is 52.1 Å². The molecule has 0 aliphatic heterocycles. The number of hydrogen-bond donors (Lipinski definition) is 0. The number of halogens is 1. The maximum Gasteiger partial charge on any atom is 0.292 e. The molecule has 0 bridgehead atoms. The molecule has 0 radical (unpaired) electrons. The number of anilines is 1. The van der Waals surface area contributed by atoms with Crippen LogP contribution < -0.4 is 4.90 Å². The van der Waals surface area contributed by atoms with Gasteiger partial charge in [0.15, 0.2) is 0 Å². The van der Waals surface area contributed by atoms with E-state index in [1.807, 2.05) is 17.8 Å². The molecule has 0 saturated heterocycles. The van der Waals surface area contributed by atoms with Crippen LogP contribution >= 0.6 is 11.6 Å². The molecule has 1 heterocycles. The van der Waals surface area contributed by atoms with E-state index in [0.29, 0.717) is 12.2 Å². The van der Waals surface area contributed by atoms with Gasteiger partial charge in [0.05, 0.1) is 11.5 Å². The van der Waals surface area contributed by atoms with Gasteiger partial charge in [0.2, 0.25) is 0 Å². The number of imidazole rings is 1. The van der Waals surface area contributed by atoms with Gasteiger partial charge in [-0.2, -0.15) is 0 Å². The van der Waals surface area contributed by atoms with E-state index >= 15 is 0 Å². The lowest BCUT2D eigenvalue weighted by Crippen LogP contribution is -2.20. The van der Waals surface area contributed by atoms with Gasteiger partial charge in [0, 0.05) is 38.4 Å². The van der Waals surface area contributed by atoms with Crippen molar-refractivity contribution >= 4 is 23.0 Å². The van der Waals surface area contributed by atoms with E-state index < -0.39 is 0 Å². The van der Waals surface area contributed by atoms with E-state index in [1.54, 1.807) is 30.3 Å². The number of rotatable bonds is 5. The molecule has 0 aliphatic carbocycles. The van der Waals surface area contributed by atoms with E-state index in [4.69, 9.17) is 11.6 Å². The molecule has 0 atom stereocenters. The second kappa shape index (κ2) is 5.92. The standard InChI is InChI=1S/C13H15ClN4O2/c1-16-6-5-15-13(16)9-17(2)11-4-3-10(8-14)7-12(11)18(19)20/h3-7H,8-9H2,1-2H3. The van der Waals surface area contributed by atoms with Gasteiger partial charge >= 0.3 is 0 Å². The van der Waals surface area contributed by atoms with Crippen LogP contribution in [-0.2, 0) is 19.5 Å². The molecule has 0 saturated carbocycles. The summed E-state index contributed by atoms with van der Waals surface area (Å²) in [5, 5.41) is 11.2. The molecular weight excluding hydrogens is 280 g/mol. The molecule has 2 rings (SSSR count). The highest BCUT2D eigenvalue weighted by Crippen LogP contribution is 2.29. The second-order valence-electron chi connectivity index (χ2n) is 4.52. The Balaban J connectivity index is 2.31. The first-order valence-corrected chi connectivity index (χ1v) is 6.57. The van der Waals surface area contributed by atoms with Crippen LogP contribution in [0.25, 0.3) is 0 Å². The summed E-state index contributed by atoms with van der Waals surface area (Å²) < 4.78 is 1.88. The molecule has 0 unspecified atom stereocenters. The molecule has 0 fully saturated rings. The molecule has 1 aromatic heterocycles. The van der Waals surface area contributed by atoms with Crippen LogP contribution in [0.5, 0.6) is 0 Å². The minimum Gasteiger partial charge on any atom is -0.362 e. The number of aryl methyl sites for hydroxylation is 1. The van der Waals surface area contributed by atoms with Crippen LogP contribution in [0.3, 0.4) is 0 Å². The first-order valence-electron chi connectivity index (χ1n) is 6.03. The highest BCUT2D eigenvalue weighted by molar-refractivity contribution is 6.17. The largest absolute Gasteiger partial charge is 0.362 e. The number of nitro groups is 1. The quantitative estimate of drug-likeness (QED) is 0.483. The van der Waals surface area contributed by atoms with E-state index in [1.165, 1.54) is 6.07 Å². The Morgan fingerprint density at radius 1 is 1.50 bits per heavy atom. The van der Waals surface area contributed by atoms with Crippen molar-refractivity contribution in [3.8, 4) is 0 Å². The predicted octanol–water partition coefficient (Wildman–Crippen LogP) is 2.70. The molecule has 7 heteroatoms. The Kier molecular flexibility index (Phi) is 4.24. The molecule has 6 nitrogen and oxygen atoms in total. The van der Waals surface area contributed by atoms with E-state index in [2.05, 4.69) is 4.98 Å². The summed E-state index contributed by atoms with van der Waals surface area (Å²) in [6.45, 7) is 0.491. The molecule has 0 spiro atoms. The third-order valence-electron chi connectivity index (χ3n) is 3.10. The molecule has 106 valence electrons. The summed E-state index contributed by atoms with van der Waals surface area (Å²) in [6, 6.07) is 5.03. The fourth-order valence-electron chi connectivity index (χ4n) is 1.97. The van der Waals surface area contributed by atoms with Crippen molar-refractivity contribution in [2.45, 2.75) is 12.4 Å². The van der Waals surface area contributed by atoms with Gasteiger partial charge in [0.25, 0.3) is 5.69 Å². The van der Waals surface area contributed by atoms with Gasteiger partial charge in [-0.3, -0.25) is 10.1 Å². The summed E-state index contributed by atoms with van der Waals surface area (Å²) >= 11 is 5.72. The van der Waals surface area contributed by atoms with Crippen LogP contribution in [-0.4, -0.2) is 21.5 Å². The van der Waals surface area contributed by atoms with Gasteiger partial charge in [-0.15, -0.1) is 11.6 Å². The minimum atomic E-state index is -0.389. The van der Waals surface area contributed by atoms with Crippen LogP contribution in [0.2, 0.25) is 0 Å². The highest BCUT2D eigenvalue weighted by atomic mass is 35.5. The van der Waals surface area contributed by atoms with Crippen LogP contribution in [0.15, 0.2) is 30.6 Å². The number of aromatic nitrogens is 2. The first-order chi connectivity index (χ1) is 9.52. The topological polar surface area (TPSA) is 64.2 Å². The Morgan fingerprint density at radius 3 is 2.80 bits per heavy atom. The zero-order valence-electron chi connectivity index (χ0n) is 11.3. The van der Waals surface area contributed by atoms with Gasteiger partial charge in [-0.1, -0.05) is 6.07 Å². The molecule has 20 heavy (non-hydrogen) atoms. The van der Waals surface area contributed by atoms with Gasteiger partial charge < -0.3 is 9.47 Å². The van der Waals surface area contributed by atoms with E-state index in [0.717, 1.165) is 11.4 Å². The number of benzene rings is 1. The van der Waals surface area contributed by atoms with Crippen molar-refractivity contribution in [1.82, 2.24) is 9.55 Å². The van der Waals surface area contributed by atoms with Crippen LogP contribution in [0, 0.1) is 10.1 Å². The van der Waals surface area contributed by atoms with E-state index in [9.17, 15) is 10.1 Å². The summed E-state index contributed by atoms with van der Waals surface area (Å²) in [7, 11) is 3.69. The third-order valence-corrected chi connectivity index (χ3v) is 3.41. The SMILES string of the molecule is CN(Cc1nccn1C)c1ccc(CCl)cc1[N+](=O)[O-]. The average Bonchev–Trinajstić information content (AvgIpc) is 2.83. The van der Waals surface area contributed by atoms with Crippen LogP contribution in [0.4, 0.5) is 11.4 Å². The van der Waals surface area contributed by atoms with Crippen molar-refractivity contribution in [1.29, 1.82) is 0 Å². The monoisotopic (exact) mass is 294 g/mol.